The molecular formula is C3H6Cl2O2. The van der Waals surface area contributed by atoms with Crippen molar-refractivity contribution in [2.24, 2.45) is 0 Å². The lowest BCUT2D eigenvalue weighted by Gasteiger charge is -1.86. The highest BCUT2D eigenvalue weighted by atomic mass is 35.5. The number of aliphatic carboxylic acids is 1. The molecule has 0 radical (unpaired) electrons. The van der Waals surface area contributed by atoms with E-state index in [2.05, 4.69) is 0 Å². The van der Waals surface area contributed by atoms with Gasteiger partial charge in [-0.05, 0) is 6.92 Å². The van der Waals surface area contributed by atoms with E-state index >= 15 is 0 Å². The van der Waals surface area contributed by atoms with Crippen LogP contribution < -0.4 is 0 Å². The fraction of sp³-hybridized carbons (Fsp3) is 0.667. The molecule has 0 saturated carbocycles. The fourth-order valence-electron chi connectivity index (χ4n) is 0. The molecule has 0 saturated heterocycles. The second-order valence-electron chi connectivity index (χ2n) is 0.954. The zero-order valence-electron chi connectivity index (χ0n) is 3.72. The summed E-state index contributed by atoms with van der Waals surface area (Å²) < 4.78 is 0. The maximum absolute atomic E-state index is 9.57. The Hall–Kier alpha value is 0.0500. The second kappa shape index (κ2) is 4.22. The Morgan fingerprint density at radius 2 is 2.00 bits per heavy atom. The van der Waals surface area contributed by atoms with Crippen LogP contribution in [0.4, 0.5) is 0 Å². The molecule has 1 unspecified atom stereocenters. The van der Waals surface area contributed by atoms with Gasteiger partial charge in [0.25, 0.3) is 0 Å². The average molecular weight is 145 g/mol. The summed E-state index contributed by atoms with van der Waals surface area (Å²) in [4.78, 5) is 9.57. The van der Waals surface area contributed by atoms with Crippen LogP contribution in [0.1, 0.15) is 6.92 Å². The molecule has 0 bridgehead atoms. The molecule has 0 fully saturated rings. The summed E-state index contributed by atoms with van der Waals surface area (Å²) in [6.45, 7) is 1.41. The van der Waals surface area contributed by atoms with E-state index in [1.807, 2.05) is 0 Å². The first-order chi connectivity index (χ1) is 2.64. The van der Waals surface area contributed by atoms with Gasteiger partial charge in [0, 0.05) is 0 Å². The van der Waals surface area contributed by atoms with E-state index < -0.39 is 11.3 Å². The van der Waals surface area contributed by atoms with Crippen molar-refractivity contribution in [2.45, 2.75) is 12.3 Å². The molecule has 0 aromatic carbocycles. The van der Waals surface area contributed by atoms with E-state index in [0.29, 0.717) is 0 Å². The number of halogens is 2. The van der Waals surface area contributed by atoms with Crippen LogP contribution in [-0.2, 0) is 4.79 Å². The Morgan fingerprint density at radius 1 is 1.86 bits per heavy atom. The van der Waals surface area contributed by atoms with E-state index in [1.165, 1.54) is 6.92 Å². The molecule has 4 heteroatoms. The van der Waals surface area contributed by atoms with E-state index in [4.69, 9.17) is 16.7 Å². The predicted molar refractivity (Wildman–Crippen MR) is 30.2 cm³/mol. The van der Waals surface area contributed by atoms with Gasteiger partial charge in [-0.25, -0.2) is 0 Å². The quantitative estimate of drug-likeness (QED) is 0.561. The maximum Gasteiger partial charge on any atom is 0.321 e. The number of rotatable bonds is 1. The summed E-state index contributed by atoms with van der Waals surface area (Å²) in [7, 11) is 0. The summed E-state index contributed by atoms with van der Waals surface area (Å²) in [5, 5.41) is 7.10. The third-order valence-corrected chi connectivity index (χ3v) is 0.527. The summed E-state index contributed by atoms with van der Waals surface area (Å²) >= 11 is 5.01. The lowest BCUT2D eigenvalue weighted by atomic mass is 10.5. The first-order valence-electron chi connectivity index (χ1n) is 1.51. The third-order valence-electron chi connectivity index (χ3n) is 0.340. The standard InChI is InChI=1S/C3H5ClO2.ClH/c1-2(4)3(5)6;/h2H,1H3,(H,5,6);1H. The van der Waals surface area contributed by atoms with Crippen molar-refractivity contribution in [3.05, 3.63) is 0 Å². The van der Waals surface area contributed by atoms with E-state index in [9.17, 15) is 4.79 Å². The van der Waals surface area contributed by atoms with Crippen LogP contribution in [-0.4, -0.2) is 16.5 Å². The van der Waals surface area contributed by atoms with Gasteiger partial charge in [-0.1, -0.05) is 0 Å². The van der Waals surface area contributed by atoms with Gasteiger partial charge >= 0.3 is 5.97 Å². The Morgan fingerprint density at radius 3 is 2.00 bits per heavy atom. The Balaban J connectivity index is 0. The molecule has 0 aliphatic rings. The van der Waals surface area contributed by atoms with E-state index in [1.54, 1.807) is 0 Å². The smallest absolute Gasteiger partial charge is 0.321 e. The zero-order chi connectivity index (χ0) is 5.15. The summed E-state index contributed by atoms with van der Waals surface area (Å²) in [5.74, 6) is -0.975. The van der Waals surface area contributed by atoms with E-state index in [-0.39, 0.29) is 12.4 Å². The van der Waals surface area contributed by atoms with Gasteiger partial charge in [-0.2, -0.15) is 0 Å². The first-order valence-corrected chi connectivity index (χ1v) is 1.95. The molecule has 0 rings (SSSR count). The summed E-state index contributed by atoms with van der Waals surface area (Å²) in [6, 6.07) is 0. The van der Waals surface area contributed by atoms with Gasteiger partial charge < -0.3 is 5.11 Å². The highest BCUT2D eigenvalue weighted by Crippen LogP contribution is 1.89. The number of alkyl halides is 1. The topological polar surface area (TPSA) is 37.3 Å². The van der Waals surface area contributed by atoms with Crippen LogP contribution >= 0.6 is 24.0 Å². The van der Waals surface area contributed by atoms with Gasteiger partial charge in [-0.15, -0.1) is 24.0 Å². The summed E-state index contributed by atoms with van der Waals surface area (Å²) in [6.07, 6.45) is 0. The molecule has 0 amide bonds. The van der Waals surface area contributed by atoms with Crippen molar-refractivity contribution < 1.29 is 9.90 Å². The molecule has 0 aliphatic heterocycles. The molecule has 7 heavy (non-hydrogen) atoms. The first kappa shape index (κ1) is 10.1. The lowest BCUT2D eigenvalue weighted by molar-refractivity contribution is -0.136. The van der Waals surface area contributed by atoms with Crippen LogP contribution in [0, 0.1) is 0 Å². The van der Waals surface area contributed by atoms with Crippen molar-refractivity contribution >= 4 is 30.0 Å². The second-order valence-corrected chi connectivity index (χ2v) is 1.61. The molecule has 0 spiro atoms. The van der Waals surface area contributed by atoms with Crippen LogP contribution in [0.25, 0.3) is 0 Å². The minimum absolute atomic E-state index is 0. The molecule has 0 aliphatic carbocycles. The molecule has 1 atom stereocenters. The average Bonchev–Trinajstić information content (AvgIpc) is 1.36. The molecule has 0 aromatic heterocycles. The third kappa shape index (κ3) is 6.05. The normalized spacial score (nSPS) is 11.7. The van der Waals surface area contributed by atoms with Crippen LogP contribution in [0.5, 0.6) is 0 Å². The Labute approximate surface area is 52.9 Å². The van der Waals surface area contributed by atoms with Crippen LogP contribution in [0.3, 0.4) is 0 Å². The molecule has 2 nitrogen and oxygen atoms in total. The van der Waals surface area contributed by atoms with Crippen molar-refractivity contribution in [3.8, 4) is 0 Å². The fourth-order valence-corrected chi connectivity index (χ4v) is 0. The highest BCUT2D eigenvalue weighted by molar-refractivity contribution is 6.29. The Bertz CT molecular complexity index is 62.0. The van der Waals surface area contributed by atoms with E-state index in [0.717, 1.165) is 0 Å². The number of carboxylic acid groups (broad SMARTS) is 1. The van der Waals surface area contributed by atoms with Crippen molar-refractivity contribution in [1.29, 1.82) is 0 Å². The maximum atomic E-state index is 9.57. The zero-order valence-corrected chi connectivity index (χ0v) is 5.29. The predicted octanol–water partition coefficient (Wildman–Crippen LogP) is 1.12. The monoisotopic (exact) mass is 144 g/mol. The van der Waals surface area contributed by atoms with Gasteiger partial charge in [0.2, 0.25) is 0 Å². The van der Waals surface area contributed by atoms with Crippen molar-refractivity contribution in [2.75, 3.05) is 0 Å². The molecule has 44 valence electrons. The minimum Gasteiger partial charge on any atom is -0.480 e. The number of hydrogen-bond acceptors (Lipinski definition) is 1. The minimum atomic E-state index is -0.975. The van der Waals surface area contributed by atoms with Crippen LogP contribution in [0.15, 0.2) is 0 Å². The number of carboxylic acids is 1. The molecular weight excluding hydrogens is 139 g/mol. The number of carbonyl (C=O) groups is 1. The van der Waals surface area contributed by atoms with Gasteiger partial charge in [0.05, 0.1) is 0 Å². The van der Waals surface area contributed by atoms with Gasteiger partial charge in [-0.3, -0.25) is 4.79 Å². The molecule has 0 aromatic rings. The Kier molecular flexibility index (Phi) is 6.09. The molecule has 1 N–H and O–H groups in total. The van der Waals surface area contributed by atoms with Crippen LogP contribution in [0.2, 0.25) is 0 Å². The highest BCUT2D eigenvalue weighted by Gasteiger charge is 2.02. The largest absolute Gasteiger partial charge is 0.480 e. The van der Waals surface area contributed by atoms with Crippen molar-refractivity contribution in [3.63, 3.8) is 0 Å². The van der Waals surface area contributed by atoms with Gasteiger partial charge in [0.15, 0.2) is 0 Å². The number of hydrogen-bond donors (Lipinski definition) is 1. The van der Waals surface area contributed by atoms with Gasteiger partial charge in [0.1, 0.15) is 5.38 Å². The SMILES string of the molecule is CC(Cl)C(=O)O.Cl. The molecule has 0 heterocycles. The van der Waals surface area contributed by atoms with Crippen molar-refractivity contribution in [1.82, 2.24) is 0 Å². The lowest BCUT2D eigenvalue weighted by Crippen LogP contribution is -2.06. The summed E-state index contributed by atoms with van der Waals surface area (Å²) in [5.41, 5.74) is 0.